The second kappa shape index (κ2) is 6.14. The second-order valence-corrected chi connectivity index (χ2v) is 4.94. The molecule has 14 heavy (non-hydrogen) atoms. The van der Waals surface area contributed by atoms with E-state index in [2.05, 4.69) is 0 Å². The summed E-state index contributed by atoms with van der Waals surface area (Å²) >= 11 is 0. The van der Waals surface area contributed by atoms with Crippen molar-refractivity contribution in [2.24, 2.45) is 5.73 Å². The zero-order valence-electron chi connectivity index (χ0n) is 7.76. The van der Waals surface area contributed by atoms with Crippen molar-refractivity contribution in [3.63, 3.8) is 0 Å². The normalized spacial score (nSPS) is 13.9. The zero-order valence-corrected chi connectivity index (χ0v) is 8.65. The number of rotatable bonds is 7. The number of hydrogen-bond donors (Lipinski definition) is 3. The highest BCUT2D eigenvalue weighted by atomic mass is 31.2. The monoisotopic (exact) mass is 224 g/mol. The third-order valence-electron chi connectivity index (χ3n) is 1.77. The van der Waals surface area contributed by atoms with Crippen molar-refractivity contribution in [1.29, 1.82) is 0 Å². The molecule has 0 radical (unpaired) electrons. The van der Waals surface area contributed by atoms with Crippen molar-refractivity contribution in [1.82, 2.24) is 0 Å². The summed E-state index contributed by atoms with van der Waals surface area (Å²) in [6.45, 7) is 0. The molecule has 6 nitrogen and oxygen atoms in total. The number of carboxylic acids is 1. The lowest BCUT2D eigenvalue weighted by atomic mass is 10.1. The first-order valence-corrected chi connectivity index (χ1v) is 6.13. The maximum Gasteiger partial charge on any atom is 0.325 e. The van der Waals surface area contributed by atoms with Crippen LogP contribution in [0.4, 0.5) is 0 Å². The smallest absolute Gasteiger partial charge is 0.325 e. The van der Waals surface area contributed by atoms with E-state index in [1.807, 2.05) is 0 Å². The molecule has 0 amide bonds. The summed E-state index contributed by atoms with van der Waals surface area (Å²) in [5, 5.41) is 10.2. The van der Waals surface area contributed by atoms with Gasteiger partial charge in [-0.3, -0.25) is 4.57 Å². The molecule has 0 saturated carbocycles. The first-order valence-electron chi connectivity index (χ1n) is 4.34. The van der Waals surface area contributed by atoms with Gasteiger partial charge >= 0.3 is 7.60 Å². The van der Waals surface area contributed by atoms with E-state index in [1.165, 1.54) is 0 Å². The largest absolute Gasteiger partial charge is 0.548 e. The highest BCUT2D eigenvalue weighted by Crippen LogP contribution is 2.35. The van der Waals surface area contributed by atoms with Crippen LogP contribution in [0, 0.1) is 0 Å². The van der Waals surface area contributed by atoms with Gasteiger partial charge < -0.3 is 25.4 Å². The molecule has 1 unspecified atom stereocenters. The fourth-order valence-electron chi connectivity index (χ4n) is 0.977. The SMILES string of the molecule is NC(CCCCCP(=O)(O)O)C(=O)[O-]. The molecule has 0 aliphatic heterocycles. The molecular weight excluding hydrogens is 209 g/mol. The summed E-state index contributed by atoms with van der Waals surface area (Å²) in [5.74, 6) is -1.29. The molecule has 7 heteroatoms. The van der Waals surface area contributed by atoms with Crippen LogP contribution >= 0.6 is 7.60 Å². The van der Waals surface area contributed by atoms with Crippen LogP contribution in [0.2, 0.25) is 0 Å². The quantitative estimate of drug-likeness (QED) is 0.368. The molecule has 0 bridgehead atoms. The van der Waals surface area contributed by atoms with Crippen LogP contribution in [-0.2, 0) is 9.36 Å². The van der Waals surface area contributed by atoms with Gasteiger partial charge in [-0.2, -0.15) is 0 Å². The molecule has 0 aliphatic rings. The molecule has 84 valence electrons. The van der Waals surface area contributed by atoms with E-state index < -0.39 is 19.6 Å². The summed E-state index contributed by atoms with van der Waals surface area (Å²) in [6.07, 6.45) is 1.60. The Labute approximate surface area is 82.3 Å². The van der Waals surface area contributed by atoms with Crippen molar-refractivity contribution >= 4 is 13.6 Å². The van der Waals surface area contributed by atoms with Gasteiger partial charge in [0.1, 0.15) is 0 Å². The Balaban J connectivity index is 3.39. The Hall–Kier alpha value is -0.420. The molecule has 0 aromatic rings. The van der Waals surface area contributed by atoms with E-state index in [-0.39, 0.29) is 12.6 Å². The van der Waals surface area contributed by atoms with Crippen LogP contribution in [-0.4, -0.2) is 28.0 Å². The molecule has 0 heterocycles. The van der Waals surface area contributed by atoms with Crippen LogP contribution in [0.1, 0.15) is 25.7 Å². The number of carbonyl (C=O) groups excluding carboxylic acids is 1. The number of unbranched alkanes of at least 4 members (excludes halogenated alkanes) is 2. The highest BCUT2D eigenvalue weighted by molar-refractivity contribution is 7.51. The molecule has 4 N–H and O–H groups in total. The minimum absolute atomic E-state index is 0.159. The van der Waals surface area contributed by atoms with Gasteiger partial charge in [0.05, 0.1) is 5.97 Å². The minimum atomic E-state index is -3.91. The van der Waals surface area contributed by atoms with Crippen LogP contribution in [0.25, 0.3) is 0 Å². The number of hydrogen-bond acceptors (Lipinski definition) is 4. The number of nitrogens with two attached hydrogens (primary N) is 1. The highest BCUT2D eigenvalue weighted by Gasteiger charge is 2.11. The molecule has 0 spiro atoms. The van der Waals surface area contributed by atoms with Crippen LogP contribution in [0.5, 0.6) is 0 Å². The van der Waals surface area contributed by atoms with Crippen LogP contribution < -0.4 is 10.8 Å². The van der Waals surface area contributed by atoms with Gasteiger partial charge in [-0.1, -0.05) is 12.8 Å². The molecule has 0 rings (SSSR count). The predicted molar refractivity (Wildman–Crippen MR) is 48.4 cm³/mol. The number of aliphatic carboxylic acids is 1. The van der Waals surface area contributed by atoms with Gasteiger partial charge in [0.15, 0.2) is 0 Å². The molecular formula is C7H15NO5P-. The Morgan fingerprint density at radius 2 is 1.93 bits per heavy atom. The molecule has 0 saturated heterocycles. The number of carboxylic acid groups (broad SMARTS) is 1. The maximum absolute atomic E-state index is 10.4. The van der Waals surface area contributed by atoms with Crippen LogP contribution in [0.3, 0.4) is 0 Å². The van der Waals surface area contributed by atoms with E-state index >= 15 is 0 Å². The van der Waals surface area contributed by atoms with E-state index in [9.17, 15) is 14.5 Å². The fourth-order valence-corrected chi connectivity index (χ4v) is 1.61. The molecule has 0 aromatic carbocycles. The first-order chi connectivity index (χ1) is 6.33. The van der Waals surface area contributed by atoms with E-state index in [4.69, 9.17) is 15.5 Å². The van der Waals surface area contributed by atoms with Gasteiger partial charge in [-0.25, -0.2) is 0 Å². The zero-order chi connectivity index (χ0) is 11.2. The van der Waals surface area contributed by atoms with Gasteiger partial charge in [-0.05, 0) is 12.8 Å². The van der Waals surface area contributed by atoms with Gasteiger partial charge in [0.2, 0.25) is 0 Å². The first kappa shape index (κ1) is 13.6. The summed E-state index contributed by atoms with van der Waals surface area (Å²) in [4.78, 5) is 27.2. The summed E-state index contributed by atoms with van der Waals surface area (Å²) in [7, 11) is -3.91. The fraction of sp³-hybridized carbons (Fsp3) is 0.857. The Bertz CT molecular complexity index is 226. The lowest BCUT2D eigenvalue weighted by Crippen LogP contribution is -2.41. The third-order valence-corrected chi connectivity index (χ3v) is 2.67. The average Bonchev–Trinajstić information content (AvgIpc) is 2.01. The Kier molecular flexibility index (Phi) is 5.95. The predicted octanol–water partition coefficient (Wildman–Crippen LogP) is -1.20. The standard InChI is InChI=1S/C7H16NO5P/c8-6(7(9)10)4-2-1-3-5-14(11,12)13/h6H,1-5,8H2,(H,9,10)(H2,11,12,13)/p-1. The van der Waals surface area contributed by atoms with Crippen LogP contribution in [0.15, 0.2) is 0 Å². The second-order valence-electron chi connectivity index (χ2n) is 3.16. The number of carbonyl (C=O) groups is 1. The maximum atomic E-state index is 10.4. The van der Waals surface area contributed by atoms with Crippen molar-refractivity contribution in [2.45, 2.75) is 31.7 Å². The van der Waals surface area contributed by atoms with Crippen molar-refractivity contribution < 1.29 is 24.3 Å². The average molecular weight is 224 g/mol. The van der Waals surface area contributed by atoms with Crippen molar-refractivity contribution in [2.75, 3.05) is 6.16 Å². The molecule has 0 fully saturated rings. The minimum Gasteiger partial charge on any atom is -0.548 e. The van der Waals surface area contributed by atoms with Gasteiger partial charge in [-0.15, -0.1) is 0 Å². The lowest BCUT2D eigenvalue weighted by molar-refractivity contribution is -0.307. The summed E-state index contributed by atoms with van der Waals surface area (Å²) < 4.78 is 10.4. The molecule has 0 aliphatic carbocycles. The van der Waals surface area contributed by atoms with E-state index in [0.29, 0.717) is 19.3 Å². The van der Waals surface area contributed by atoms with E-state index in [1.54, 1.807) is 0 Å². The Morgan fingerprint density at radius 1 is 1.36 bits per heavy atom. The topological polar surface area (TPSA) is 124 Å². The van der Waals surface area contributed by atoms with Crippen molar-refractivity contribution in [3.05, 3.63) is 0 Å². The lowest BCUT2D eigenvalue weighted by Gasteiger charge is -2.11. The third kappa shape index (κ3) is 8.19. The Morgan fingerprint density at radius 3 is 2.36 bits per heavy atom. The van der Waals surface area contributed by atoms with Gasteiger partial charge in [0.25, 0.3) is 0 Å². The van der Waals surface area contributed by atoms with Crippen molar-refractivity contribution in [3.8, 4) is 0 Å². The molecule has 1 atom stereocenters. The molecule has 0 aromatic heterocycles. The van der Waals surface area contributed by atoms with Gasteiger partial charge in [0, 0.05) is 12.2 Å². The summed E-state index contributed by atoms with van der Waals surface area (Å²) in [6, 6.07) is -0.981. The summed E-state index contributed by atoms with van der Waals surface area (Å²) in [5.41, 5.74) is 5.17. The van der Waals surface area contributed by atoms with E-state index in [0.717, 1.165) is 0 Å².